The van der Waals surface area contributed by atoms with Crippen molar-refractivity contribution in [1.82, 2.24) is 4.98 Å². The Labute approximate surface area is 120 Å². The van der Waals surface area contributed by atoms with Crippen molar-refractivity contribution in [3.63, 3.8) is 0 Å². The van der Waals surface area contributed by atoms with Crippen molar-refractivity contribution < 1.29 is 18.3 Å². The first-order chi connectivity index (χ1) is 9.66. The molecule has 2 heterocycles. The first-order valence-electron chi connectivity index (χ1n) is 6.46. The molecule has 1 aromatic heterocycles. The van der Waals surface area contributed by atoms with E-state index in [0.717, 1.165) is 38.1 Å². The Kier molecular flexibility index (Phi) is 5.72. The Morgan fingerprint density at radius 2 is 2.35 bits per heavy atom. The number of nitrogens with zero attached hydrogens (tertiary/aromatic N) is 1. The molecule has 0 bridgehead atoms. The molecule has 1 atom stereocenters. The number of rotatable bonds is 5. The van der Waals surface area contributed by atoms with E-state index in [1.54, 1.807) is 0 Å². The molecule has 0 radical (unpaired) electrons. The van der Waals surface area contributed by atoms with Gasteiger partial charge in [-0.1, -0.05) is 0 Å². The van der Waals surface area contributed by atoms with Crippen LogP contribution in [0.2, 0.25) is 0 Å². The molecule has 20 heavy (non-hydrogen) atoms. The number of ether oxygens (including phenoxy) is 1. The maximum Gasteiger partial charge on any atom is 0.239 e. The molecule has 1 fully saturated rings. The van der Waals surface area contributed by atoms with Gasteiger partial charge in [0.15, 0.2) is 5.82 Å². The van der Waals surface area contributed by atoms with Gasteiger partial charge < -0.3 is 10.1 Å². The third kappa shape index (κ3) is 4.42. The predicted octanol–water partition coefficient (Wildman–Crippen LogP) is 2.60. The van der Waals surface area contributed by atoms with Gasteiger partial charge in [-0.15, -0.1) is 11.8 Å². The summed E-state index contributed by atoms with van der Waals surface area (Å²) in [7, 11) is 0. The summed E-state index contributed by atoms with van der Waals surface area (Å²) in [4.78, 5) is 14.9. The number of carbonyl (C=O) groups is 1. The van der Waals surface area contributed by atoms with Gasteiger partial charge in [-0.3, -0.25) is 4.79 Å². The molecule has 1 N–H and O–H groups in total. The summed E-state index contributed by atoms with van der Waals surface area (Å²) < 4.78 is 32.1. The predicted molar refractivity (Wildman–Crippen MR) is 73.7 cm³/mol. The lowest BCUT2D eigenvalue weighted by atomic mass is 10.1. The van der Waals surface area contributed by atoms with E-state index in [0.29, 0.717) is 5.75 Å². The van der Waals surface area contributed by atoms with Crippen molar-refractivity contribution in [2.75, 3.05) is 23.4 Å². The van der Waals surface area contributed by atoms with Gasteiger partial charge in [0.25, 0.3) is 0 Å². The van der Waals surface area contributed by atoms with Gasteiger partial charge in [0.2, 0.25) is 11.9 Å². The van der Waals surface area contributed by atoms with Gasteiger partial charge in [-0.2, -0.15) is 4.39 Å². The SMILES string of the molecule is O=C(CSCC1CCCCO1)Nc1c(F)ccnc1F. The summed E-state index contributed by atoms with van der Waals surface area (Å²) in [6, 6.07) is 1.00. The average molecular weight is 302 g/mol. The highest BCUT2D eigenvalue weighted by atomic mass is 32.2. The normalized spacial score (nSPS) is 18.8. The standard InChI is InChI=1S/C13H16F2N2O2S/c14-10-4-5-16-13(15)12(10)17-11(18)8-20-7-9-3-1-2-6-19-9/h4-5,9H,1-3,6-8H2,(H,17,18). The highest BCUT2D eigenvalue weighted by Gasteiger charge is 2.16. The Morgan fingerprint density at radius 3 is 3.05 bits per heavy atom. The molecule has 7 heteroatoms. The van der Waals surface area contributed by atoms with E-state index < -0.39 is 23.4 Å². The number of hydrogen-bond acceptors (Lipinski definition) is 4. The summed E-state index contributed by atoms with van der Waals surface area (Å²) in [5.41, 5.74) is -0.494. The van der Waals surface area contributed by atoms with Gasteiger partial charge in [-0.05, 0) is 25.3 Å². The molecule has 110 valence electrons. The van der Waals surface area contributed by atoms with Crippen molar-refractivity contribution in [1.29, 1.82) is 0 Å². The minimum atomic E-state index is -1.01. The quantitative estimate of drug-likeness (QED) is 0.850. The Hall–Kier alpha value is -1.21. The first kappa shape index (κ1) is 15.2. The molecule has 1 saturated heterocycles. The molecule has 1 aromatic rings. The second-order valence-electron chi connectivity index (χ2n) is 4.51. The lowest BCUT2D eigenvalue weighted by Crippen LogP contribution is -2.23. The minimum absolute atomic E-state index is 0.133. The van der Waals surface area contributed by atoms with Gasteiger partial charge in [0.05, 0.1) is 11.9 Å². The summed E-state index contributed by atoms with van der Waals surface area (Å²) in [6.07, 6.45) is 4.41. The number of halogens is 2. The van der Waals surface area contributed by atoms with Crippen LogP contribution in [0.5, 0.6) is 0 Å². The number of aromatic nitrogens is 1. The zero-order valence-corrected chi connectivity index (χ0v) is 11.7. The molecule has 1 amide bonds. The zero-order valence-electron chi connectivity index (χ0n) is 10.9. The summed E-state index contributed by atoms with van der Waals surface area (Å²) in [5, 5.41) is 2.20. The number of thioether (sulfide) groups is 1. The first-order valence-corrected chi connectivity index (χ1v) is 7.61. The molecule has 0 spiro atoms. The minimum Gasteiger partial charge on any atom is -0.377 e. The number of carbonyl (C=O) groups excluding carboxylic acids is 1. The molecule has 1 unspecified atom stereocenters. The number of amides is 1. The second-order valence-corrected chi connectivity index (χ2v) is 5.54. The van der Waals surface area contributed by atoms with Crippen LogP contribution in [0.4, 0.5) is 14.5 Å². The van der Waals surface area contributed by atoms with E-state index in [-0.39, 0.29) is 11.9 Å². The zero-order chi connectivity index (χ0) is 14.4. The third-order valence-electron chi connectivity index (χ3n) is 2.93. The maximum absolute atomic E-state index is 13.3. The van der Waals surface area contributed by atoms with Gasteiger partial charge >= 0.3 is 0 Å². The Morgan fingerprint density at radius 1 is 1.50 bits per heavy atom. The third-order valence-corrected chi connectivity index (χ3v) is 4.00. The number of hydrogen-bond donors (Lipinski definition) is 1. The Bertz CT molecular complexity index is 447. The van der Waals surface area contributed by atoms with Crippen LogP contribution in [-0.4, -0.2) is 35.1 Å². The van der Waals surface area contributed by atoms with Gasteiger partial charge in [0.1, 0.15) is 5.69 Å². The largest absolute Gasteiger partial charge is 0.377 e. The smallest absolute Gasteiger partial charge is 0.239 e. The van der Waals surface area contributed by atoms with E-state index in [4.69, 9.17) is 4.74 Å². The molecule has 1 aliphatic heterocycles. The molecular weight excluding hydrogens is 286 g/mol. The van der Waals surface area contributed by atoms with E-state index in [1.165, 1.54) is 11.8 Å². The van der Waals surface area contributed by atoms with Crippen LogP contribution in [-0.2, 0) is 9.53 Å². The van der Waals surface area contributed by atoms with Crippen molar-refractivity contribution in [3.05, 3.63) is 24.0 Å². The summed E-state index contributed by atoms with van der Waals surface area (Å²) in [6.45, 7) is 0.767. The number of anilines is 1. The lowest BCUT2D eigenvalue weighted by molar-refractivity contribution is -0.113. The average Bonchev–Trinajstić information content (AvgIpc) is 2.44. The number of nitrogens with one attached hydrogen (secondary N) is 1. The van der Waals surface area contributed by atoms with Gasteiger partial charge in [-0.25, -0.2) is 9.37 Å². The lowest BCUT2D eigenvalue weighted by Gasteiger charge is -2.21. The van der Waals surface area contributed by atoms with Crippen LogP contribution in [0.15, 0.2) is 12.3 Å². The van der Waals surface area contributed by atoms with E-state index in [9.17, 15) is 13.6 Å². The van der Waals surface area contributed by atoms with Crippen LogP contribution in [0.1, 0.15) is 19.3 Å². The van der Waals surface area contributed by atoms with Crippen LogP contribution in [0.3, 0.4) is 0 Å². The van der Waals surface area contributed by atoms with E-state index in [1.807, 2.05) is 0 Å². The van der Waals surface area contributed by atoms with Crippen molar-refractivity contribution in [3.8, 4) is 0 Å². The molecule has 2 rings (SSSR count). The maximum atomic E-state index is 13.3. The fraction of sp³-hybridized carbons (Fsp3) is 0.538. The van der Waals surface area contributed by atoms with Crippen molar-refractivity contribution in [2.24, 2.45) is 0 Å². The molecule has 0 aromatic carbocycles. The molecular formula is C13H16F2N2O2S. The van der Waals surface area contributed by atoms with Gasteiger partial charge in [0, 0.05) is 18.6 Å². The molecule has 4 nitrogen and oxygen atoms in total. The topological polar surface area (TPSA) is 51.2 Å². The Balaban J connectivity index is 1.75. The number of pyridine rings is 1. The highest BCUT2D eigenvalue weighted by Crippen LogP contribution is 2.19. The van der Waals surface area contributed by atoms with E-state index >= 15 is 0 Å². The van der Waals surface area contributed by atoms with Crippen LogP contribution in [0, 0.1) is 11.8 Å². The molecule has 1 aliphatic rings. The second kappa shape index (κ2) is 7.54. The van der Waals surface area contributed by atoms with Crippen LogP contribution < -0.4 is 5.32 Å². The summed E-state index contributed by atoms with van der Waals surface area (Å²) in [5.74, 6) is -1.44. The van der Waals surface area contributed by atoms with Crippen LogP contribution >= 0.6 is 11.8 Å². The fourth-order valence-electron chi connectivity index (χ4n) is 1.92. The monoisotopic (exact) mass is 302 g/mol. The van der Waals surface area contributed by atoms with Crippen molar-refractivity contribution in [2.45, 2.75) is 25.4 Å². The van der Waals surface area contributed by atoms with Crippen LogP contribution in [0.25, 0.3) is 0 Å². The fourth-order valence-corrected chi connectivity index (χ4v) is 2.82. The van der Waals surface area contributed by atoms with E-state index in [2.05, 4.69) is 10.3 Å². The molecule has 0 saturated carbocycles. The molecule has 0 aliphatic carbocycles. The highest BCUT2D eigenvalue weighted by molar-refractivity contribution is 8.00. The van der Waals surface area contributed by atoms with Crippen molar-refractivity contribution >= 4 is 23.4 Å². The summed E-state index contributed by atoms with van der Waals surface area (Å²) >= 11 is 1.40.